The van der Waals surface area contributed by atoms with E-state index < -0.39 is 12.0 Å². The Labute approximate surface area is 189 Å². The van der Waals surface area contributed by atoms with Gasteiger partial charge in [0.15, 0.2) is 0 Å². The zero-order valence-electron chi connectivity index (χ0n) is 17.7. The lowest BCUT2D eigenvalue weighted by molar-refractivity contribution is -0.113. The largest absolute Gasteiger partial charge is 0.495 e. The fourth-order valence-corrected chi connectivity index (χ4v) is 3.83. The fourth-order valence-electron chi connectivity index (χ4n) is 3.70. The summed E-state index contributed by atoms with van der Waals surface area (Å²) in [6.07, 6.45) is 1.42. The molecule has 1 aliphatic heterocycles. The van der Waals surface area contributed by atoms with E-state index in [4.69, 9.17) is 21.1 Å². The number of nitrogens with one attached hydrogen (secondary N) is 2. The first-order valence-corrected chi connectivity index (χ1v) is 10.2. The molecule has 8 nitrogen and oxygen atoms in total. The summed E-state index contributed by atoms with van der Waals surface area (Å²) in [6, 6.07) is 13.7. The number of fused-ring (bicyclic) bond motifs is 1. The Balaban J connectivity index is 1.81. The lowest BCUT2D eigenvalue weighted by Crippen LogP contribution is -2.31. The van der Waals surface area contributed by atoms with Gasteiger partial charge in [-0.05, 0) is 36.8 Å². The Morgan fingerprint density at radius 1 is 1.12 bits per heavy atom. The summed E-state index contributed by atoms with van der Waals surface area (Å²) in [6.45, 7) is 1.78. The van der Waals surface area contributed by atoms with Crippen LogP contribution in [-0.2, 0) is 9.53 Å². The maximum Gasteiger partial charge on any atom is 0.343 e. The number of hydrogen-bond acceptors (Lipinski definition) is 6. The molecule has 1 aromatic heterocycles. The Morgan fingerprint density at radius 2 is 1.84 bits per heavy atom. The number of amides is 1. The highest BCUT2D eigenvalue weighted by molar-refractivity contribution is 6.30. The molecule has 2 heterocycles. The van der Waals surface area contributed by atoms with Gasteiger partial charge < -0.3 is 20.1 Å². The molecule has 3 aromatic rings. The summed E-state index contributed by atoms with van der Waals surface area (Å²) >= 11 is 6.08. The van der Waals surface area contributed by atoms with E-state index in [0.29, 0.717) is 33.5 Å². The summed E-state index contributed by atoms with van der Waals surface area (Å²) in [7, 11) is 2.85. The molecule has 0 radical (unpaired) electrons. The Hall–Kier alpha value is -3.78. The number of halogens is 1. The van der Waals surface area contributed by atoms with Crippen LogP contribution in [0.4, 0.5) is 11.5 Å². The fraction of sp³-hybridized carbons (Fsp3) is 0.174. The molecule has 0 saturated carbocycles. The molecule has 1 amide bonds. The summed E-state index contributed by atoms with van der Waals surface area (Å²) in [4.78, 5) is 25.7. The maximum absolute atomic E-state index is 13.5. The van der Waals surface area contributed by atoms with Gasteiger partial charge in [-0.2, -0.15) is 5.10 Å². The molecule has 0 bridgehead atoms. The van der Waals surface area contributed by atoms with Crippen LogP contribution >= 0.6 is 11.6 Å². The van der Waals surface area contributed by atoms with Gasteiger partial charge in [-0.25, -0.2) is 9.48 Å². The minimum Gasteiger partial charge on any atom is -0.495 e. The van der Waals surface area contributed by atoms with E-state index in [1.165, 1.54) is 13.3 Å². The van der Waals surface area contributed by atoms with E-state index in [9.17, 15) is 9.59 Å². The highest BCUT2D eigenvalue weighted by atomic mass is 35.5. The molecular formula is C23H21ClN4O4. The van der Waals surface area contributed by atoms with E-state index in [0.717, 1.165) is 5.56 Å². The molecule has 0 fully saturated rings. The quantitative estimate of drug-likeness (QED) is 0.562. The third-order valence-corrected chi connectivity index (χ3v) is 5.47. The highest BCUT2D eigenvalue weighted by Crippen LogP contribution is 2.38. The second kappa shape index (κ2) is 8.76. The number of ether oxygens (including phenoxy) is 2. The van der Waals surface area contributed by atoms with Crippen LogP contribution in [0.15, 0.2) is 66.0 Å². The molecule has 1 aliphatic rings. The van der Waals surface area contributed by atoms with Gasteiger partial charge in [0.05, 0.1) is 31.7 Å². The number of allylic oxidation sites excluding steroid dienone is 1. The zero-order chi connectivity index (χ0) is 22.8. The minimum absolute atomic E-state index is 0.273. The van der Waals surface area contributed by atoms with Gasteiger partial charge in [0.2, 0.25) is 0 Å². The van der Waals surface area contributed by atoms with Crippen molar-refractivity contribution in [2.24, 2.45) is 0 Å². The van der Waals surface area contributed by atoms with Crippen LogP contribution in [-0.4, -0.2) is 35.9 Å². The second-order valence-corrected chi connectivity index (χ2v) is 7.55. The first-order valence-electron chi connectivity index (χ1n) is 9.78. The van der Waals surface area contributed by atoms with Crippen molar-refractivity contribution in [3.05, 3.63) is 82.1 Å². The number of esters is 1. The molecule has 2 aromatic carbocycles. The Bertz CT molecular complexity index is 1220. The van der Waals surface area contributed by atoms with Crippen molar-refractivity contribution >= 4 is 35.0 Å². The van der Waals surface area contributed by atoms with Crippen molar-refractivity contribution in [3.8, 4) is 5.75 Å². The van der Waals surface area contributed by atoms with Crippen LogP contribution in [0.5, 0.6) is 5.75 Å². The molecular weight excluding hydrogens is 432 g/mol. The molecule has 0 aliphatic carbocycles. The minimum atomic E-state index is -0.600. The van der Waals surface area contributed by atoms with Crippen molar-refractivity contribution in [1.29, 1.82) is 0 Å². The number of anilines is 2. The Morgan fingerprint density at radius 3 is 2.53 bits per heavy atom. The number of benzene rings is 2. The molecule has 9 heteroatoms. The monoisotopic (exact) mass is 452 g/mol. The number of carbonyl (C=O) groups is 2. The second-order valence-electron chi connectivity index (χ2n) is 7.12. The molecule has 164 valence electrons. The molecule has 4 rings (SSSR count). The molecule has 2 N–H and O–H groups in total. The van der Waals surface area contributed by atoms with E-state index in [2.05, 4.69) is 15.7 Å². The lowest BCUT2D eigenvalue weighted by Gasteiger charge is -2.30. The van der Waals surface area contributed by atoms with Gasteiger partial charge >= 0.3 is 5.97 Å². The van der Waals surface area contributed by atoms with E-state index in [1.54, 1.807) is 43.0 Å². The number of methoxy groups -OCH3 is 2. The maximum atomic E-state index is 13.5. The van der Waals surface area contributed by atoms with E-state index in [1.807, 2.05) is 24.3 Å². The van der Waals surface area contributed by atoms with Gasteiger partial charge in [0.25, 0.3) is 5.91 Å². The number of para-hydroxylation sites is 2. The van der Waals surface area contributed by atoms with Crippen molar-refractivity contribution in [3.63, 3.8) is 0 Å². The van der Waals surface area contributed by atoms with Crippen LogP contribution in [0.2, 0.25) is 5.02 Å². The van der Waals surface area contributed by atoms with Gasteiger partial charge in [0.1, 0.15) is 23.2 Å². The zero-order valence-corrected chi connectivity index (χ0v) is 18.4. The predicted octanol–water partition coefficient (Wildman–Crippen LogP) is 4.26. The number of aromatic nitrogens is 2. The van der Waals surface area contributed by atoms with Gasteiger partial charge in [-0.3, -0.25) is 4.79 Å². The first-order chi connectivity index (χ1) is 15.4. The molecule has 32 heavy (non-hydrogen) atoms. The summed E-state index contributed by atoms with van der Waals surface area (Å²) in [5.74, 6) is 0.130. The first kappa shape index (κ1) is 21.5. The van der Waals surface area contributed by atoms with Crippen LogP contribution in [0.25, 0.3) is 0 Å². The van der Waals surface area contributed by atoms with Crippen LogP contribution in [0.3, 0.4) is 0 Å². The Kier molecular flexibility index (Phi) is 5.87. The molecule has 0 spiro atoms. The number of hydrogen-bond donors (Lipinski definition) is 2. The lowest BCUT2D eigenvalue weighted by atomic mass is 9.94. The molecule has 0 unspecified atom stereocenters. The standard InChI is InChI=1S/C23H21ClN4O4/c1-13-19(22(29)27-17-6-4-5-7-18(17)31-2)20(14-8-10-15(24)11-9-14)28-21(26-13)16(12-25-28)23(30)32-3/h4-12,20,26H,1-3H3,(H,27,29)/t20-/m0/s1. The van der Waals surface area contributed by atoms with Crippen molar-refractivity contribution in [1.82, 2.24) is 9.78 Å². The van der Waals surface area contributed by atoms with E-state index in [-0.39, 0.29) is 11.5 Å². The van der Waals surface area contributed by atoms with Crippen molar-refractivity contribution in [2.45, 2.75) is 13.0 Å². The summed E-state index contributed by atoms with van der Waals surface area (Å²) in [5.41, 5.74) is 2.61. The summed E-state index contributed by atoms with van der Waals surface area (Å²) in [5, 5.41) is 11.0. The summed E-state index contributed by atoms with van der Waals surface area (Å²) < 4.78 is 11.8. The average Bonchev–Trinajstić information content (AvgIpc) is 3.22. The van der Waals surface area contributed by atoms with Crippen molar-refractivity contribution < 1.29 is 19.1 Å². The predicted molar refractivity (Wildman–Crippen MR) is 121 cm³/mol. The topological polar surface area (TPSA) is 94.5 Å². The normalized spacial score (nSPS) is 14.9. The van der Waals surface area contributed by atoms with Crippen molar-refractivity contribution in [2.75, 3.05) is 24.9 Å². The van der Waals surface area contributed by atoms with Gasteiger partial charge in [-0.15, -0.1) is 0 Å². The van der Waals surface area contributed by atoms with Crippen LogP contribution in [0.1, 0.15) is 28.9 Å². The van der Waals surface area contributed by atoms with Gasteiger partial charge in [0, 0.05) is 10.7 Å². The number of rotatable bonds is 5. The van der Waals surface area contributed by atoms with E-state index >= 15 is 0 Å². The average molecular weight is 453 g/mol. The smallest absolute Gasteiger partial charge is 0.343 e. The SMILES string of the molecule is COC(=O)c1cnn2c1NC(C)=C(C(=O)Nc1ccccc1OC)[C@@H]2c1ccc(Cl)cc1. The molecule has 1 atom stereocenters. The molecule has 0 saturated heterocycles. The number of carbonyl (C=O) groups excluding carboxylic acids is 2. The van der Waals surface area contributed by atoms with Gasteiger partial charge in [-0.1, -0.05) is 35.9 Å². The highest BCUT2D eigenvalue weighted by Gasteiger charge is 2.35. The van der Waals surface area contributed by atoms with Crippen LogP contribution < -0.4 is 15.4 Å². The third kappa shape index (κ3) is 3.80. The third-order valence-electron chi connectivity index (χ3n) is 5.21. The van der Waals surface area contributed by atoms with Crippen LogP contribution in [0, 0.1) is 0 Å². The number of nitrogens with zero attached hydrogens (tertiary/aromatic N) is 2.